The van der Waals surface area contributed by atoms with Gasteiger partial charge in [0.2, 0.25) is 0 Å². The van der Waals surface area contributed by atoms with Gasteiger partial charge in [-0.05, 0) is 32.0 Å². The third-order valence-corrected chi connectivity index (χ3v) is 4.10. The van der Waals surface area contributed by atoms with Gasteiger partial charge in [-0.2, -0.15) is 0 Å². The summed E-state index contributed by atoms with van der Waals surface area (Å²) in [6, 6.07) is 14.2. The first-order chi connectivity index (χ1) is 12.5. The molecule has 0 saturated carbocycles. The predicted octanol–water partition coefficient (Wildman–Crippen LogP) is 3.47. The number of carbonyl (C=O) groups is 2. The molecule has 0 radical (unpaired) electrons. The highest BCUT2D eigenvalue weighted by molar-refractivity contribution is 6.03. The van der Waals surface area contributed by atoms with Crippen LogP contribution >= 0.6 is 0 Å². The number of rotatable bonds is 4. The molecule has 3 amide bonds. The largest absolute Gasteiger partial charge is 0.493 e. The molecule has 3 rings (SSSR count). The highest BCUT2D eigenvalue weighted by atomic mass is 16.5. The number of amides is 3. The summed E-state index contributed by atoms with van der Waals surface area (Å²) in [7, 11) is 0. The number of para-hydroxylation sites is 2. The van der Waals surface area contributed by atoms with E-state index in [4.69, 9.17) is 4.74 Å². The normalized spacial score (nSPS) is 15.6. The van der Waals surface area contributed by atoms with Crippen LogP contribution < -0.4 is 20.7 Å². The van der Waals surface area contributed by atoms with Gasteiger partial charge in [-0.25, -0.2) is 4.79 Å². The molecule has 1 aliphatic heterocycles. The third kappa shape index (κ3) is 4.14. The van der Waals surface area contributed by atoms with E-state index in [9.17, 15) is 9.59 Å². The molecule has 6 nitrogen and oxygen atoms in total. The molecule has 0 spiro atoms. The molecule has 0 aliphatic carbocycles. The van der Waals surface area contributed by atoms with Gasteiger partial charge in [-0.15, -0.1) is 0 Å². The second kappa shape index (κ2) is 7.91. The topological polar surface area (TPSA) is 79.5 Å². The number of urea groups is 1. The molecule has 3 N–H and O–H groups in total. The van der Waals surface area contributed by atoms with Crippen LogP contribution in [0.4, 0.5) is 10.5 Å². The molecule has 0 fully saturated rings. The summed E-state index contributed by atoms with van der Waals surface area (Å²) >= 11 is 0. The number of hydrogen-bond acceptors (Lipinski definition) is 3. The van der Waals surface area contributed by atoms with E-state index in [1.807, 2.05) is 38.1 Å². The van der Waals surface area contributed by atoms with Crippen LogP contribution in [0, 0.1) is 0 Å². The van der Waals surface area contributed by atoms with E-state index < -0.39 is 0 Å². The molecular weight excluding hydrogens is 330 g/mol. The van der Waals surface area contributed by atoms with Crippen molar-refractivity contribution in [3.63, 3.8) is 0 Å². The summed E-state index contributed by atoms with van der Waals surface area (Å²) in [4.78, 5) is 24.8. The van der Waals surface area contributed by atoms with Crippen molar-refractivity contribution in [3.8, 4) is 5.75 Å². The highest BCUT2D eigenvalue weighted by Gasteiger charge is 2.24. The predicted molar refractivity (Wildman–Crippen MR) is 100 cm³/mol. The molecule has 1 heterocycles. The Labute approximate surface area is 152 Å². The fourth-order valence-electron chi connectivity index (χ4n) is 2.94. The fraction of sp³-hybridized carbons (Fsp3) is 0.300. The molecule has 6 heteroatoms. The van der Waals surface area contributed by atoms with E-state index in [0.717, 1.165) is 11.3 Å². The minimum atomic E-state index is -0.336. The molecule has 0 aromatic heterocycles. The number of carbonyl (C=O) groups excluding carboxylic acids is 2. The lowest BCUT2D eigenvalue weighted by Gasteiger charge is -2.27. The molecule has 0 unspecified atom stereocenters. The highest BCUT2D eigenvalue weighted by Crippen LogP contribution is 2.32. The molecule has 1 aliphatic rings. The van der Waals surface area contributed by atoms with Gasteiger partial charge < -0.3 is 20.7 Å². The van der Waals surface area contributed by atoms with Crippen LogP contribution in [0.25, 0.3) is 0 Å². The molecular formula is C20H23N3O3. The van der Waals surface area contributed by atoms with E-state index in [1.54, 1.807) is 24.3 Å². The van der Waals surface area contributed by atoms with E-state index in [0.29, 0.717) is 24.3 Å². The molecule has 0 saturated heterocycles. The van der Waals surface area contributed by atoms with E-state index in [-0.39, 0.29) is 24.0 Å². The van der Waals surface area contributed by atoms with Crippen molar-refractivity contribution in [2.75, 3.05) is 11.9 Å². The van der Waals surface area contributed by atoms with Crippen molar-refractivity contribution in [3.05, 3.63) is 59.7 Å². The van der Waals surface area contributed by atoms with Gasteiger partial charge in [0.15, 0.2) is 0 Å². The number of fused-ring (bicyclic) bond motifs is 1. The van der Waals surface area contributed by atoms with Gasteiger partial charge in [0.25, 0.3) is 5.91 Å². The van der Waals surface area contributed by atoms with Crippen molar-refractivity contribution < 1.29 is 14.3 Å². The van der Waals surface area contributed by atoms with E-state index in [2.05, 4.69) is 16.0 Å². The number of nitrogens with one attached hydrogen (secondary N) is 3. The van der Waals surface area contributed by atoms with E-state index >= 15 is 0 Å². The minimum absolute atomic E-state index is 0.00901. The average Bonchev–Trinajstić information content (AvgIpc) is 2.61. The number of hydrogen-bond donors (Lipinski definition) is 3. The summed E-state index contributed by atoms with van der Waals surface area (Å²) in [5, 5.41) is 8.55. The quantitative estimate of drug-likeness (QED) is 0.787. The van der Waals surface area contributed by atoms with Gasteiger partial charge in [0, 0.05) is 18.0 Å². The molecule has 26 heavy (non-hydrogen) atoms. The first-order valence-corrected chi connectivity index (χ1v) is 8.73. The Kier molecular flexibility index (Phi) is 5.41. The molecule has 136 valence electrons. The summed E-state index contributed by atoms with van der Waals surface area (Å²) < 4.78 is 5.64. The van der Waals surface area contributed by atoms with E-state index in [1.165, 1.54) is 0 Å². The van der Waals surface area contributed by atoms with Crippen LogP contribution in [0.2, 0.25) is 0 Å². The maximum atomic E-state index is 12.8. The third-order valence-electron chi connectivity index (χ3n) is 4.10. The first-order valence-electron chi connectivity index (χ1n) is 8.73. The number of ether oxygens (including phenoxy) is 1. The Morgan fingerprint density at radius 2 is 1.81 bits per heavy atom. The van der Waals surface area contributed by atoms with Gasteiger partial charge >= 0.3 is 6.03 Å². The zero-order valence-corrected chi connectivity index (χ0v) is 14.9. The van der Waals surface area contributed by atoms with Crippen LogP contribution in [-0.4, -0.2) is 24.6 Å². The van der Waals surface area contributed by atoms with Crippen LogP contribution in [0.15, 0.2) is 48.5 Å². The summed E-state index contributed by atoms with van der Waals surface area (Å²) in [6.07, 6.45) is 0.701. The number of benzene rings is 2. The standard InChI is InChI=1S/C20H23N3O3/c1-13(2)21-20(25)23-16-9-5-3-8-15(16)19(24)22-17-11-12-26-18-10-6-4-7-14(17)18/h3-10,13,17H,11-12H2,1-2H3,(H,22,24)(H2,21,23,25)/t17-/m0/s1. The van der Waals surface area contributed by atoms with Crippen molar-refractivity contribution in [1.82, 2.24) is 10.6 Å². The first kappa shape index (κ1) is 17.8. The summed E-state index contributed by atoms with van der Waals surface area (Å²) in [5.74, 6) is 0.568. The minimum Gasteiger partial charge on any atom is -0.493 e. The van der Waals surface area contributed by atoms with Crippen LogP contribution in [0.3, 0.4) is 0 Å². The Hall–Kier alpha value is -3.02. The smallest absolute Gasteiger partial charge is 0.319 e. The van der Waals surface area contributed by atoms with Crippen molar-refractivity contribution in [2.45, 2.75) is 32.4 Å². The van der Waals surface area contributed by atoms with Gasteiger partial charge in [-0.1, -0.05) is 30.3 Å². The van der Waals surface area contributed by atoms with Gasteiger partial charge in [0.1, 0.15) is 5.75 Å². The van der Waals surface area contributed by atoms with Crippen molar-refractivity contribution in [2.24, 2.45) is 0 Å². The van der Waals surface area contributed by atoms with Crippen LogP contribution in [0.1, 0.15) is 42.2 Å². The van der Waals surface area contributed by atoms with Crippen molar-refractivity contribution in [1.29, 1.82) is 0 Å². The zero-order valence-electron chi connectivity index (χ0n) is 14.9. The molecule has 0 bridgehead atoms. The Morgan fingerprint density at radius 1 is 1.08 bits per heavy atom. The van der Waals surface area contributed by atoms with Crippen LogP contribution in [0.5, 0.6) is 5.75 Å². The molecule has 1 atom stereocenters. The fourth-order valence-corrected chi connectivity index (χ4v) is 2.94. The van der Waals surface area contributed by atoms with Crippen LogP contribution in [-0.2, 0) is 0 Å². The lowest BCUT2D eigenvalue weighted by Crippen LogP contribution is -2.36. The lowest BCUT2D eigenvalue weighted by atomic mass is 10.00. The zero-order chi connectivity index (χ0) is 18.5. The monoisotopic (exact) mass is 353 g/mol. The SMILES string of the molecule is CC(C)NC(=O)Nc1ccccc1C(=O)N[C@H]1CCOc2ccccc21. The maximum Gasteiger partial charge on any atom is 0.319 e. The molecule has 2 aromatic carbocycles. The Bertz CT molecular complexity index is 804. The van der Waals surface area contributed by atoms with Crippen molar-refractivity contribution >= 4 is 17.6 Å². The second-order valence-electron chi connectivity index (χ2n) is 6.50. The van der Waals surface area contributed by atoms with Gasteiger partial charge in [0.05, 0.1) is 23.9 Å². The number of anilines is 1. The Balaban J connectivity index is 1.76. The Morgan fingerprint density at radius 3 is 2.62 bits per heavy atom. The average molecular weight is 353 g/mol. The second-order valence-corrected chi connectivity index (χ2v) is 6.50. The lowest BCUT2D eigenvalue weighted by molar-refractivity contribution is 0.0925. The maximum absolute atomic E-state index is 12.8. The van der Waals surface area contributed by atoms with Gasteiger partial charge in [-0.3, -0.25) is 4.79 Å². The molecule has 2 aromatic rings. The summed E-state index contributed by atoms with van der Waals surface area (Å²) in [6.45, 7) is 4.31. The summed E-state index contributed by atoms with van der Waals surface area (Å²) in [5.41, 5.74) is 1.87.